The second kappa shape index (κ2) is 5.26. The van der Waals surface area contributed by atoms with E-state index in [9.17, 15) is 13.2 Å². The molecule has 18 heavy (non-hydrogen) atoms. The highest BCUT2D eigenvalue weighted by molar-refractivity contribution is 5.16. The van der Waals surface area contributed by atoms with E-state index in [0.717, 1.165) is 24.7 Å². The number of nitrogens with one attached hydrogen (secondary N) is 1. The summed E-state index contributed by atoms with van der Waals surface area (Å²) in [5.74, 6) is 1.47. The molecule has 2 nitrogen and oxygen atoms in total. The Bertz CT molecular complexity index is 382. The van der Waals surface area contributed by atoms with Crippen molar-refractivity contribution in [2.45, 2.75) is 32.5 Å². The maximum absolute atomic E-state index is 12.3. The van der Waals surface area contributed by atoms with E-state index in [4.69, 9.17) is 0 Å². The molecule has 0 amide bonds. The van der Waals surface area contributed by atoms with Crippen molar-refractivity contribution >= 4 is 0 Å². The Kier molecular flexibility index (Phi) is 3.90. The summed E-state index contributed by atoms with van der Waals surface area (Å²) in [7, 11) is 0. The summed E-state index contributed by atoms with van der Waals surface area (Å²) in [6.45, 7) is 3.62. The highest BCUT2D eigenvalue weighted by Gasteiger charge is 2.30. The summed E-state index contributed by atoms with van der Waals surface area (Å²) in [5, 5.41) is 3.24. The van der Waals surface area contributed by atoms with Crippen molar-refractivity contribution in [1.29, 1.82) is 0 Å². The summed E-state index contributed by atoms with van der Waals surface area (Å²) in [4.78, 5) is 3.82. The third-order valence-electron chi connectivity index (χ3n) is 3.35. The van der Waals surface area contributed by atoms with Crippen LogP contribution < -0.4 is 5.32 Å². The highest BCUT2D eigenvalue weighted by atomic mass is 19.4. The molecule has 0 saturated heterocycles. The molecule has 0 radical (unpaired) electrons. The van der Waals surface area contributed by atoms with E-state index in [1.807, 2.05) is 0 Å². The van der Waals surface area contributed by atoms with E-state index in [2.05, 4.69) is 17.2 Å². The minimum absolute atomic E-state index is 0.523. The van der Waals surface area contributed by atoms with Gasteiger partial charge in [-0.15, -0.1) is 0 Å². The van der Waals surface area contributed by atoms with Crippen LogP contribution in [0.5, 0.6) is 0 Å². The van der Waals surface area contributed by atoms with Gasteiger partial charge >= 0.3 is 6.18 Å². The molecule has 0 spiro atoms. The van der Waals surface area contributed by atoms with Gasteiger partial charge in [-0.05, 0) is 43.4 Å². The van der Waals surface area contributed by atoms with Crippen LogP contribution in [0.1, 0.15) is 31.0 Å². The molecule has 1 saturated carbocycles. The van der Waals surface area contributed by atoms with Gasteiger partial charge in [0.15, 0.2) is 0 Å². The van der Waals surface area contributed by atoms with Crippen LogP contribution in [0.4, 0.5) is 13.2 Å². The van der Waals surface area contributed by atoms with Gasteiger partial charge in [-0.1, -0.05) is 6.92 Å². The molecule has 1 N–H and O–H groups in total. The van der Waals surface area contributed by atoms with Crippen LogP contribution in [0.2, 0.25) is 0 Å². The summed E-state index contributed by atoms with van der Waals surface area (Å²) in [6.07, 6.45) is -0.802. The summed E-state index contributed by atoms with van der Waals surface area (Å²) < 4.78 is 37.0. The minimum atomic E-state index is -4.31. The maximum Gasteiger partial charge on any atom is 0.417 e. The first-order valence-corrected chi connectivity index (χ1v) is 6.19. The monoisotopic (exact) mass is 258 g/mol. The molecule has 1 aromatic heterocycles. The fraction of sp³-hybridized carbons (Fsp3) is 0.615. The Balaban J connectivity index is 1.79. The lowest BCUT2D eigenvalue weighted by molar-refractivity contribution is -0.137. The third-order valence-corrected chi connectivity index (χ3v) is 3.35. The average molecular weight is 258 g/mol. The highest BCUT2D eigenvalue weighted by Crippen LogP contribution is 2.36. The van der Waals surface area contributed by atoms with Crippen LogP contribution in [-0.4, -0.2) is 11.5 Å². The molecule has 0 bridgehead atoms. The van der Waals surface area contributed by atoms with Crippen molar-refractivity contribution in [3.05, 3.63) is 29.6 Å². The van der Waals surface area contributed by atoms with Crippen molar-refractivity contribution in [3.8, 4) is 0 Å². The van der Waals surface area contributed by atoms with Gasteiger partial charge in [0.2, 0.25) is 0 Å². The molecule has 0 aromatic carbocycles. The zero-order chi connectivity index (χ0) is 13.2. The van der Waals surface area contributed by atoms with Gasteiger partial charge in [0.25, 0.3) is 0 Å². The van der Waals surface area contributed by atoms with E-state index in [1.54, 1.807) is 0 Å². The lowest BCUT2D eigenvalue weighted by Gasteiger charge is -2.11. The van der Waals surface area contributed by atoms with Gasteiger partial charge in [-0.3, -0.25) is 4.98 Å². The number of hydrogen-bond acceptors (Lipinski definition) is 2. The van der Waals surface area contributed by atoms with E-state index in [-0.39, 0.29) is 0 Å². The molecule has 1 unspecified atom stereocenters. The zero-order valence-electron chi connectivity index (χ0n) is 10.3. The largest absolute Gasteiger partial charge is 0.417 e. The SMILES string of the molecule is CC(CNCc1ccc(C(F)(F)F)cn1)C1CC1. The number of alkyl halides is 3. The topological polar surface area (TPSA) is 24.9 Å². The predicted octanol–water partition coefficient (Wildman–Crippen LogP) is 3.24. The fourth-order valence-corrected chi connectivity index (χ4v) is 1.96. The smallest absolute Gasteiger partial charge is 0.311 e. The van der Waals surface area contributed by atoms with E-state index >= 15 is 0 Å². The Morgan fingerprint density at radius 3 is 2.61 bits per heavy atom. The van der Waals surface area contributed by atoms with E-state index in [0.29, 0.717) is 18.2 Å². The molecule has 1 fully saturated rings. The molecular formula is C13H17F3N2. The van der Waals surface area contributed by atoms with Crippen LogP contribution in [0, 0.1) is 11.8 Å². The number of aromatic nitrogens is 1. The first-order chi connectivity index (χ1) is 8.47. The number of rotatable bonds is 5. The molecule has 2 rings (SSSR count). The molecule has 1 aromatic rings. The molecule has 1 atom stereocenters. The fourth-order valence-electron chi connectivity index (χ4n) is 1.96. The lowest BCUT2D eigenvalue weighted by Crippen LogP contribution is -2.22. The molecule has 0 aliphatic heterocycles. The van der Waals surface area contributed by atoms with Crippen LogP contribution in [0.15, 0.2) is 18.3 Å². The number of halogens is 3. The first-order valence-electron chi connectivity index (χ1n) is 6.19. The quantitative estimate of drug-likeness (QED) is 0.877. The van der Waals surface area contributed by atoms with Gasteiger partial charge in [0.1, 0.15) is 0 Å². The first kappa shape index (κ1) is 13.3. The Hall–Kier alpha value is -1.10. The zero-order valence-corrected chi connectivity index (χ0v) is 10.3. The minimum Gasteiger partial charge on any atom is -0.311 e. The van der Waals surface area contributed by atoms with Crippen LogP contribution in [0.3, 0.4) is 0 Å². The Morgan fingerprint density at radius 1 is 1.39 bits per heavy atom. The summed E-state index contributed by atoms with van der Waals surface area (Å²) in [5.41, 5.74) is -0.0522. The van der Waals surface area contributed by atoms with Crippen molar-refractivity contribution < 1.29 is 13.2 Å². The van der Waals surface area contributed by atoms with Gasteiger partial charge in [0.05, 0.1) is 11.3 Å². The Labute approximate surface area is 105 Å². The van der Waals surface area contributed by atoms with Crippen LogP contribution in [-0.2, 0) is 12.7 Å². The van der Waals surface area contributed by atoms with Crippen molar-refractivity contribution in [1.82, 2.24) is 10.3 Å². The van der Waals surface area contributed by atoms with Gasteiger partial charge in [-0.2, -0.15) is 13.2 Å². The normalized spacial score (nSPS) is 17.8. The van der Waals surface area contributed by atoms with Gasteiger partial charge in [0, 0.05) is 12.7 Å². The van der Waals surface area contributed by atoms with Gasteiger partial charge < -0.3 is 5.32 Å². The Morgan fingerprint density at radius 2 is 2.11 bits per heavy atom. The molecule has 1 heterocycles. The second-order valence-corrected chi connectivity index (χ2v) is 4.98. The molecule has 1 aliphatic rings. The van der Waals surface area contributed by atoms with E-state index < -0.39 is 11.7 Å². The number of nitrogens with zero attached hydrogens (tertiary/aromatic N) is 1. The second-order valence-electron chi connectivity index (χ2n) is 4.98. The summed E-state index contributed by atoms with van der Waals surface area (Å²) in [6, 6.07) is 2.51. The number of hydrogen-bond donors (Lipinski definition) is 1. The predicted molar refractivity (Wildman–Crippen MR) is 62.8 cm³/mol. The van der Waals surface area contributed by atoms with E-state index in [1.165, 1.54) is 18.9 Å². The average Bonchev–Trinajstić information content (AvgIpc) is 3.12. The lowest BCUT2D eigenvalue weighted by atomic mass is 10.1. The molecular weight excluding hydrogens is 241 g/mol. The number of pyridine rings is 1. The van der Waals surface area contributed by atoms with Crippen LogP contribution >= 0.6 is 0 Å². The molecule has 5 heteroatoms. The maximum atomic E-state index is 12.3. The standard InChI is InChI=1S/C13H17F3N2/c1-9(10-2-3-10)6-17-8-12-5-4-11(7-18-12)13(14,15)16/h4-5,7,9-10,17H,2-3,6,8H2,1H3. The van der Waals surface area contributed by atoms with Crippen molar-refractivity contribution in [2.75, 3.05) is 6.54 Å². The summed E-state index contributed by atoms with van der Waals surface area (Å²) >= 11 is 0. The molecule has 100 valence electrons. The van der Waals surface area contributed by atoms with Crippen LogP contribution in [0.25, 0.3) is 0 Å². The van der Waals surface area contributed by atoms with Crippen molar-refractivity contribution in [3.63, 3.8) is 0 Å². The third kappa shape index (κ3) is 3.70. The molecule has 1 aliphatic carbocycles. The van der Waals surface area contributed by atoms with Gasteiger partial charge in [-0.25, -0.2) is 0 Å². The van der Waals surface area contributed by atoms with Crippen molar-refractivity contribution in [2.24, 2.45) is 11.8 Å².